The van der Waals surface area contributed by atoms with Crippen LogP contribution in [0.4, 0.5) is 0 Å². The van der Waals surface area contributed by atoms with Crippen molar-refractivity contribution in [3.05, 3.63) is 18.2 Å². The summed E-state index contributed by atoms with van der Waals surface area (Å²) >= 11 is 0. The van der Waals surface area contributed by atoms with E-state index < -0.39 is 0 Å². The number of aromatic nitrogens is 2. The first-order valence-corrected chi connectivity index (χ1v) is 6.96. The Morgan fingerprint density at radius 3 is 2.39 bits per heavy atom. The summed E-state index contributed by atoms with van der Waals surface area (Å²) in [4.78, 5) is 9.52. The molecule has 1 aromatic rings. The highest BCUT2D eigenvalue weighted by Gasteiger charge is 2.28. The van der Waals surface area contributed by atoms with Gasteiger partial charge in [-0.3, -0.25) is 9.80 Å². The molecule has 1 fully saturated rings. The molecule has 4 nitrogen and oxygen atoms in total. The second-order valence-corrected chi connectivity index (χ2v) is 5.88. The minimum Gasteiger partial charge on any atom is -0.337 e. The van der Waals surface area contributed by atoms with Gasteiger partial charge in [-0.15, -0.1) is 0 Å². The first-order chi connectivity index (χ1) is 8.53. The quantitative estimate of drug-likeness (QED) is 0.813. The highest BCUT2D eigenvalue weighted by atomic mass is 15.3. The molecule has 0 radical (unpaired) electrons. The Balaban J connectivity index is 1.86. The lowest BCUT2D eigenvalue weighted by molar-refractivity contribution is 0.0458. The third-order valence-electron chi connectivity index (χ3n) is 4.38. The minimum atomic E-state index is 0.343. The van der Waals surface area contributed by atoms with E-state index in [4.69, 9.17) is 0 Å². The lowest BCUT2D eigenvalue weighted by atomic mass is 9.98. The fourth-order valence-electron chi connectivity index (χ4n) is 2.48. The second kappa shape index (κ2) is 5.41. The molecule has 102 valence electrons. The van der Waals surface area contributed by atoms with Crippen LogP contribution in [0.1, 0.15) is 33.0 Å². The number of rotatable bonds is 4. The molecule has 0 amide bonds. The Bertz CT molecular complexity index is 375. The summed E-state index contributed by atoms with van der Waals surface area (Å²) in [5, 5.41) is 0. The van der Waals surface area contributed by atoms with Crippen molar-refractivity contribution in [2.24, 2.45) is 7.05 Å². The van der Waals surface area contributed by atoms with Crippen LogP contribution in [0, 0.1) is 0 Å². The van der Waals surface area contributed by atoms with E-state index in [1.807, 2.05) is 12.4 Å². The van der Waals surface area contributed by atoms with Crippen LogP contribution in [0.25, 0.3) is 0 Å². The third-order valence-corrected chi connectivity index (χ3v) is 4.38. The van der Waals surface area contributed by atoms with Gasteiger partial charge in [0.2, 0.25) is 0 Å². The summed E-state index contributed by atoms with van der Waals surface area (Å²) in [5.41, 5.74) is 0.343. The summed E-state index contributed by atoms with van der Waals surface area (Å²) in [6.45, 7) is 12.6. The number of hydrogen-bond acceptors (Lipinski definition) is 3. The van der Waals surface area contributed by atoms with Gasteiger partial charge in [-0.05, 0) is 20.3 Å². The van der Waals surface area contributed by atoms with E-state index in [2.05, 4.69) is 47.2 Å². The van der Waals surface area contributed by atoms with Gasteiger partial charge in [0, 0.05) is 51.2 Å². The minimum absolute atomic E-state index is 0.343. The zero-order valence-corrected chi connectivity index (χ0v) is 12.2. The molecule has 0 N–H and O–H groups in total. The molecule has 1 aliphatic rings. The van der Waals surface area contributed by atoms with Crippen LogP contribution in [-0.4, -0.2) is 51.1 Å². The SMILES string of the molecule is CCC(C)(C)N1CCN(Cc2nccn2C)CC1. The zero-order chi connectivity index (χ0) is 13.2. The van der Waals surface area contributed by atoms with Crippen molar-refractivity contribution in [1.29, 1.82) is 0 Å². The maximum absolute atomic E-state index is 4.40. The predicted molar refractivity (Wildman–Crippen MR) is 74.4 cm³/mol. The van der Waals surface area contributed by atoms with Gasteiger partial charge in [-0.2, -0.15) is 0 Å². The summed E-state index contributed by atoms with van der Waals surface area (Å²) in [7, 11) is 2.07. The van der Waals surface area contributed by atoms with E-state index in [1.165, 1.54) is 25.3 Å². The van der Waals surface area contributed by atoms with E-state index in [0.717, 1.165) is 19.6 Å². The molecule has 0 unspecified atom stereocenters. The maximum Gasteiger partial charge on any atom is 0.122 e. The Morgan fingerprint density at radius 2 is 1.89 bits per heavy atom. The number of imidazole rings is 1. The highest BCUT2D eigenvalue weighted by molar-refractivity contribution is 4.92. The van der Waals surface area contributed by atoms with Crippen molar-refractivity contribution >= 4 is 0 Å². The lowest BCUT2D eigenvalue weighted by Gasteiger charge is -2.43. The van der Waals surface area contributed by atoms with Crippen molar-refractivity contribution in [1.82, 2.24) is 19.4 Å². The third kappa shape index (κ3) is 2.93. The summed E-state index contributed by atoms with van der Waals surface area (Å²) in [6, 6.07) is 0. The highest BCUT2D eigenvalue weighted by Crippen LogP contribution is 2.20. The normalized spacial score (nSPS) is 19.3. The zero-order valence-electron chi connectivity index (χ0n) is 12.2. The second-order valence-electron chi connectivity index (χ2n) is 5.88. The van der Waals surface area contributed by atoms with Crippen molar-refractivity contribution in [2.45, 2.75) is 39.3 Å². The van der Waals surface area contributed by atoms with Crippen LogP contribution in [0.2, 0.25) is 0 Å². The van der Waals surface area contributed by atoms with Crippen LogP contribution in [-0.2, 0) is 13.6 Å². The van der Waals surface area contributed by atoms with Gasteiger partial charge >= 0.3 is 0 Å². The van der Waals surface area contributed by atoms with Gasteiger partial charge in [0.25, 0.3) is 0 Å². The van der Waals surface area contributed by atoms with Crippen molar-refractivity contribution in [3.63, 3.8) is 0 Å². The van der Waals surface area contributed by atoms with E-state index in [0.29, 0.717) is 5.54 Å². The first kappa shape index (κ1) is 13.6. The van der Waals surface area contributed by atoms with Gasteiger partial charge in [0.15, 0.2) is 0 Å². The maximum atomic E-state index is 4.40. The summed E-state index contributed by atoms with van der Waals surface area (Å²) in [6.07, 6.45) is 5.12. The average molecular weight is 250 g/mol. The van der Waals surface area contributed by atoms with Crippen LogP contribution >= 0.6 is 0 Å². The smallest absolute Gasteiger partial charge is 0.122 e. The van der Waals surface area contributed by atoms with Gasteiger partial charge in [-0.25, -0.2) is 4.98 Å². The van der Waals surface area contributed by atoms with E-state index in [-0.39, 0.29) is 0 Å². The molecule has 1 aliphatic heterocycles. The fraction of sp³-hybridized carbons (Fsp3) is 0.786. The number of piperazine rings is 1. The molecule has 0 aromatic carbocycles. The molecule has 0 saturated carbocycles. The van der Waals surface area contributed by atoms with Gasteiger partial charge in [0.1, 0.15) is 5.82 Å². The van der Waals surface area contributed by atoms with Gasteiger partial charge in [-0.1, -0.05) is 6.92 Å². The van der Waals surface area contributed by atoms with E-state index in [1.54, 1.807) is 0 Å². The predicted octanol–water partition coefficient (Wildman–Crippen LogP) is 1.73. The Labute approximate surface area is 111 Å². The van der Waals surface area contributed by atoms with E-state index >= 15 is 0 Å². The molecule has 4 heteroatoms. The number of nitrogens with zero attached hydrogens (tertiary/aromatic N) is 4. The van der Waals surface area contributed by atoms with Crippen molar-refractivity contribution < 1.29 is 0 Å². The Kier molecular flexibility index (Phi) is 4.07. The molecule has 18 heavy (non-hydrogen) atoms. The molecule has 2 rings (SSSR count). The molecule has 0 aliphatic carbocycles. The topological polar surface area (TPSA) is 24.3 Å². The van der Waals surface area contributed by atoms with Gasteiger partial charge < -0.3 is 4.57 Å². The lowest BCUT2D eigenvalue weighted by Crippen LogP contribution is -2.54. The monoisotopic (exact) mass is 250 g/mol. The fourth-order valence-corrected chi connectivity index (χ4v) is 2.48. The molecule has 0 bridgehead atoms. The summed E-state index contributed by atoms with van der Waals surface area (Å²) in [5.74, 6) is 1.17. The van der Waals surface area contributed by atoms with Crippen molar-refractivity contribution in [3.8, 4) is 0 Å². The largest absolute Gasteiger partial charge is 0.337 e. The van der Waals surface area contributed by atoms with Crippen LogP contribution in [0.5, 0.6) is 0 Å². The molecule has 0 atom stereocenters. The first-order valence-electron chi connectivity index (χ1n) is 6.96. The standard InChI is InChI=1S/C14H26N4/c1-5-14(2,3)18-10-8-17(9-11-18)12-13-15-6-7-16(13)4/h6-7H,5,8-12H2,1-4H3. The molecule has 0 spiro atoms. The Hall–Kier alpha value is -0.870. The number of hydrogen-bond donors (Lipinski definition) is 0. The van der Waals surface area contributed by atoms with E-state index in [9.17, 15) is 0 Å². The molecular formula is C14H26N4. The van der Waals surface area contributed by atoms with Crippen LogP contribution in [0.15, 0.2) is 12.4 Å². The average Bonchev–Trinajstić information content (AvgIpc) is 2.76. The Morgan fingerprint density at radius 1 is 1.22 bits per heavy atom. The van der Waals surface area contributed by atoms with Crippen LogP contribution in [0.3, 0.4) is 0 Å². The van der Waals surface area contributed by atoms with Gasteiger partial charge in [0.05, 0.1) is 6.54 Å². The molecule has 1 aromatic heterocycles. The number of aryl methyl sites for hydroxylation is 1. The van der Waals surface area contributed by atoms with Crippen LogP contribution < -0.4 is 0 Å². The van der Waals surface area contributed by atoms with Crippen molar-refractivity contribution in [2.75, 3.05) is 26.2 Å². The molecular weight excluding hydrogens is 224 g/mol. The molecule has 1 saturated heterocycles. The summed E-state index contributed by atoms with van der Waals surface area (Å²) < 4.78 is 2.11. The molecule has 2 heterocycles.